The van der Waals surface area contributed by atoms with Crippen molar-refractivity contribution in [3.8, 4) is 0 Å². The number of fused-ring (bicyclic) bond motifs is 1. The van der Waals surface area contributed by atoms with Crippen molar-refractivity contribution < 1.29 is 23.9 Å². The Labute approximate surface area is 168 Å². The molecule has 2 aromatic rings. The van der Waals surface area contributed by atoms with Gasteiger partial charge in [-0.25, -0.2) is 9.18 Å². The molecule has 152 valence electrons. The summed E-state index contributed by atoms with van der Waals surface area (Å²) in [6.45, 7) is 5.10. The van der Waals surface area contributed by atoms with Crippen LogP contribution in [0.2, 0.25) is 0 Å². The molecule has 3 amide bonds. The molecule has 0 radical (unpaired) electrons. The Morgan fingerprint density at radius 1 is 1.07 bits per heavy atom. The lowest BCUT2D eigenvalue weighted by Gasteiger charge is -2.41. The molecule has 29 heavy (non-hydrogen) atoms. The summed E-state index contributed by atoms with van der Waals surface area (Å²) in [6, 6.07) is 11.7. The lowest BCUT2D eigenvalue weighted by Crippen LogP contribution is -2.56. The first-order chi connectivity index (χ1) is 13.6. The van der Waals surface area contributed by atoms with Crippen LogP contribution in [0.5, 0.6) is 0 Å². The number of hydrogen-bond donors (Lipinski definition) is 1. The van der Waals surface area contributed by atoms with E-state index in [1.165, 1.54) is 17.0 Å². The molecule has 7 heteroatoms. The third kappa shape index (κ3) is 4.13. The smallest absolute Gasteiger partial charge is 0.408 e. The fourth-order valence-corrected chi connectivity index (χ4v) is 3.78. The van der Waals surface area contributed by atoms with Crippen LogP contribution in [0.25, 0.3) is 0 Å². The van der Waals surface area contributed by atoms with E-state index in [9.17, 15) is 23.9 Å². The van der Waals surface area contributed by atoms with E-state index in [1.807, 2.05) is 0 Å². The average Bonchev–Trinajstić information content (AvgIpc) is 2.85. The number of nitrogens with zero attached hydrogens (tertiary/aromatic N) is 2. The van der Waals surface area contributed by atoms with Gasteiger partial charge in [0.1, 0.15) is 5.82 Å². The van der Waals surface area contributed by atoms with Gasteiger partial charge in [-0.15, -0.1) is 0 Å². The lowest BCUT2D eigenvalue weighted by molar-refractivity contribution is 0.0431. The lowest BCUT2D eigenvalue weighted by atomic mass is 9.98. The van der Waals surface area contributed by atoms with Crippen LogP contribution in [0, 0.1) is 5.82 Å². The van der Waals surface area contributed by atoms with E-state index in [-0.39, 0.29) is 13.0 Å². The second kappa shape index (κ2) is 7.66. The highest BCUT2D eigenvalue weighted by molar-refractivity contribution is 6.21. The molecule has 0 saturated carbocycles. The Morgan fingerprint density at radius 2 is 1.66 bits per heavy atom. The van der Waals surface area contributed by atoms with Crippen molar-refractivity contribution in [1.29, 1.82) is 0 Å². The zero-order valence-corrected chi connectivity index (χ0v) is 16.6. The SMILES string of the molecule is CC(C)(C)N(C(=O)O)[C@@H](Cc1cccc(F)c1)CN1C(=O)c2ccccc2C1=O. The molecule has 6 nitrogen and oxygen atoms in total. The summed E-state index contributed by atoms with van der Waals surface area (Å²) in [6.07, 6.45) is -1.01. The second-order valence-corrected chi connectivity index (χ2v) is 8.08. The monoisotopic (exact) mass is 398 g/mol. The summed E-state index contributed by atoms with van der Waals surface area (Å²) >= 11 is 0. The molecule has 0 aliphatic carbocycles. The van der Waals surface area contributed by atoms with E-state index >= 15 is 0 Å². The Bertz CT molecular complexity index is 932. The first-order valence-corrected chi connectivity index (χ1v) is 9.31. The van der Waals surface area contributed by atoms with Crippen molar-refractivity contribution >= 4 is 17.9 Å². The summed E-state index contributed by atoms with van der Waals surface area (Å²) in [5.41, 5.74) is 0.407. The average molecular weight is 398 g/mol. The Kier molecular flexibility index (Phi) is 5.42. The van der Waals surface area contributed by atoms with Gasteiger partial charge in [0.05, 0.1) is 23.7 Å². The van der Waals surface area contributed by atoms with Crippen molar-refractivity contribution in [3.63, 3.8) is 0 Å². The van der Waals surface area contributed by atoms with E-state index in [4.69, 9.17) is 0 Å². The van der Waals surface area contributed by atoms with Gasteiger partial charge in [0.2, 0.25) is 0 Å². The summed E-state index contributed by atoms with van der Waals surface area (Å²) in [5.74, 6) is -1.33. The molecule has 1 aliphatic heterocycles. The molecule has 0 aromatic heterocycles. The topological polar surface area (TPSA) is 77.9 Å². The van der Waals surface area contributed by atoms with E-state index in [1.54, 1.807) is 57.2 Å². The molecule has 2 aromatic carbocycles. The minimum absolute atomic E-state index is 0.119. The highest BCUT2D eigenvalue weighted by Gasteiger charge is 2.40. The van der Waals surface area contributed by atoms with Crippen molar-refractivity contribution in [2.75, 3.05) is 6.54 Å². The number of carbonyl (C=O) groups is 3. The molecule has 1 N–H and O–H groups in total. The molecular weight excluding hydrogens is 375 g/mol. The molecule has 3 rings (SSSR count). The third-order valence-electron chi connectivity index (χ3n) is 4.93. The largest absolute Gasteiger partial charge is 0.465 e. The van der Waals surface area contributed by atoms with E-state index in [2.05, 4.69) is 0 Å². The zero-order chi connectivity index (χ0) is 21.3. The van der Waals surface area contributed by atoms with Crippen LogP contribution < -0.4 is 0 Å². The summed E-state index contributed by atoms with van der Waals surface area (Å²) in [5, 5.41) is 9.85. The number of rotatable bonds is 5. The molecule has 0 fully saturated rings. The van der Waals surface area contributed by atoms with Gasteiger partial charge in [0.15, 0.2) is 0 Å². The summed E-state index contributed by atoms with van der Waals surface area (Å²) in [4.78, 5) is 39.9. The van der Waals surface area contributed by atoms with Gasteiger partial charge in [0, 0.05) is 5.54 Å². The number of imide groups is 1. The van der Waals surface area contributed by atoms with Gasteiger partial charge in [-0.1, -0.05) is 24.3 Å². The Balaban J connectivity index is 1.96. The Morgan fingerprint density at radius 3 is 2.14 bits per heavy atom. The van der Waals surface area contributed by atoms with Crippen LogP contribution in [0.1, 0.15) is 47.1 Å². The highest BCUT2D eigenvalue weighted by Crippen LogP contribution is 2.26. The third-order valence-corrected chi connectivity index (χ3v) is 4.93. The number of amides is 3. The molecule has 1 aliphatic rings. The summed E-state index contributed by atoms with van der Waals surface area (Å²) < 4.78 is 13.7. The van der Waals surface area contributed by atoms with Crippen LogP contribution in [0.3, 0.4) is 0 Å². The predicted molar refractivity (Wildman–Crippen MR) is 105 cm³/mol. The first-order valence-electron chi connectivity index (χ1n) is 9.31. The molecule has 0 bridgehead atoms. The maximum Gasteiger partial charge on any atom is 0.408 e. The molecule has 1 atom stereocenters. The number of benzene rings is 2. The molecule has 0 saturated heterocycles. The van der Waals surface area contributed by atoms with Gasteiger partial charge in [-0.05, 0) is 57.0 Å². The number of halogens is 1. The van der Waals surface area contributed by atoms with E-state index < -0.39 is 35.3 Å². The van der Waals surface area contributed by atoms with E-state index in [0.29, 0.717) is 16.7 Å². The number of carbonyl (C=O) groups excluding carboxylic acids is 2. The maximum absolute atomic E-state index is 13.7. The number of hydrogen-bond acceptors (Lipinski definition) is 3. The van der Waals surface area contributed by atoms with Crippen molar-refractivity contribution in [2.45, 2.75) is 38.8 Å². The van der Waals surface area contributed by atoms with Crippen molar-refractivity contribution in [2.24, 2.45) is 0 Å². The van der Waals surface area contributed by atoms with Crippen molar-refractivity contribution in [1.82, 2.24) is 9.80 Å². The van der Waals surface area contributed by atoms with Crippen LogP contribution in [-0.4, -0.2) is 50.9 Å². The van der Waals surface area contributed by atoms with Gasteiger partial charge in [0.25, 0.3) is 11.8 Å². The fourth-order valence-electron chi connectivity index (χ4n) is 3.78. The standard InChI is InChI=1S/C22H23FN2O4/c1-22(2,3)25(21(28)29)16(12-14-7-6-8-15(23)11-14)13-24-19(26)17-9-4-5-10-18(17)20(24)27/h4-11,16H,12-13H2,1-3H3,(H,28,29)/t16-/m0/s1. The Hall–Kier alpha value is -3.22. The second-order valence-electron chi connectivity index (χ2n) is 8.08. The molecule has 1 heterocycles. The highest BCUT2D eigenvalue weighted by atomic mass is 19.1. The fraction of sp³-hybridized carbons (Fsp3) is 0.318. The first kappa shape index (κ1) is 20.5. The van der Waals surface area contributed by atoms with Crippen LogP contribution >= 0.6 is 0 Å². The van der Waals surface area contributed by atoms with Crippen LogP contribution in [-0.2, 0) is 6.42 Å². The van der Waals surface area contributed by atoms with Gasteiger partial charge < -0.3 is 5.11 Å². The number of carboxylic acid groups (broad SMARTS) is 1. The zero-order valence-electron chi connectivity index (χ0n) is 16.6. The van der Waals surface area contributed by atoms with Gasteiger partial charge >= 0.3 is 6.09 Å². The van der Waals surface area contributed by atoms with Crippen LogP contribution in [0.15, 0.2) is 48.5 Å². The molecule has 0 unspecified atom stereocenters. The molecule has 0 spiro atoms. The minimum Gasteiger partial charge on any atom is -0.465 e. The van der Waals surface area contributed by atoms with Crippen LogP contribution in [0.4, 0.5) is 9.18 Å². The maximum atomic E-state index is 13.7. The minimum atomic E-state index is -1.17. The normalized spacial score (nSPS) is 14.7. The van der Waals surface area contributed by atoms with Gasteiger partial charge in [-0.3, -0.25) is 19.4 Å². The molecular formula is C22H23FN2O4. The van der Waals surface area contributed by atoms with E-state index in [0.717, 1.165) is 4.90 Å². The predicted octanol–water partition coefficient (Wildman–Crippen LogP) is 3.81. The quantitative estimate of drug-likeness (QED) is 0.777. The van der Waals surface area contributed by atoms with Crippen molar-refractivity contribution in [3.05, 3.63) is 71.0 Å². The summed E-state index contributed by atoms with van der Waals surface area (Å²) in [7, 11) is 0. The van der Waals surface area contributed by atoms with Gasteiger partial charge in [-0.2, -0.15) is 0 Å².